The molecular formula is C15H24N2O2. The summed E-state index contributed by atoms with van der Waals surface area (Å²) in [5.41, 5.74) is 2.97. The van der Waals surface area contributed by atoms with E-state index in [2.05, 4.69) is 12.2 Å². The Balaban J connectivity index is 2.75. The Morgan fingerprint density at radius 3 is 2.42 bits per heavy atom. The second kappa shape index (κ2) is 7.79. The summed E-state index contributed by atoms with van der Waals surface area (Å²) in [6, 6.07) is 5.79. The number of urea groups is 1. The van der Waals surface area contributed by atoms with Gasteiger partial charge in [0.2, 0.25) is 0 Å². The number of nitrogens with one attached hydrogen (secondary N) is 1. The smallest absolute Gasteiger partial charge is 0.321 e. The number of benzene rings is 1. The van der Waals surface area contributed by atoms with Gasteiger partial charge in [0.1, 0.15) is 0 Å². The van der Waals surface area contributed by atoms with Crippen molar-refractivity contribution in [2.24, 2.45) is 0 Å². The quantitative estimate of drug-likeness (QED) is 0.830. The van der Waals surface area contributed by atoms with E-state index in [0.29, 0.717) is 13.1 Å². The van der Waals surface area contributed by atoms with Gasteiger partial charge in [0, 0.05) is 18.8 Å². The molecular weight excluding hydrogens is 240 g/mol. The molecule has 1 aromatic rings. The van der Waals surface area contributed by atoms with Gasteiger partial charge in [0.15, 0.2) is 0 Å². The van der Waals surface area contributed by atoms with Gasteiger partial charge < -0.3 is 15.3 Å². The van der Waals surface area contributed by atoms with E-state index < -0.39 is 0 Å². The van der Waals surface area contributed by atoms with Gasteiger partial charge in [-0.1, -0.05) is 31.5 Å². The van der Waals surface area contributed by atoms with Crippen LogP contribution in [0.25, 0.3) is 0 Å². The standard InChI is InChI=1S/C15H24N2O2/c1-4-5-9-17(10-11-18)15(19)16-14-12(2)7-6-8-13(14)3/h6-8,18H,4-5,9-11H2,1-3H3,(H,16,19). The molecule has 1 aromatic carbocycles. The minimum atomic E-state index is -0.139. The molecule has 0 bridgehead atoms. The van der Waals surface area contributed by atoms with Crippen LogP contribution in [0.4, 0.5) is 10.5 Å². The number of hydrogen-bond acceptors (Lipinski definition) is 2. The summed E-state index contributed by atoms with van der Waals surface area (Å²) >= 11 is 0. The first-order valence-electron chi connectivity index (χ1n) is 6.83. The molecule has 4 heteroatoms. The lowest BCUT2D eigenvalue weighted by Crippen LogP contribution is -2.38. The summed E-state index contributed by atoms with van der Waals surface area (Å²) < 4.78 is 0. The van der Waals surface area contributed by atoms with E-state index in [-0.39, 0.29) is 12.6 Å². The van der Waals surface area contributed by atoms with E-state index in [1.54, 1.807) is 4.90 Å². The van der Waals surface area contributed by atoms with Crippen molar-refractivity contribution in [3.63, 3.8) is 0 Å². The summed E-state index contributed by atoms with van der Waals surface area (Å²) in [6.07, 6.45) is 1.97. The van der Waals surface area contributed by atoms with Gasteiger partial charge in [-0.2, -0.15) is 0 Å². The van der Waals surface area contributed by atoms with Gasteiger partial charge in [-0.05, 0) is 31.4 Å². The fraction of sp³-hybridized carbons (Fsp3) is 0.533. The van der Waals surface area contributed by atoms with Crippen LogP contribution in [0.5, 0.6) is 0 Å². The van der Waals surface area contributed by atoms with Crippen LogP contribution < -0.4 is 5.32 Å². The Hall–Kier alpha value is -1.55. The molecule has 0 heterocycles. The van der Waals surface area contributed by atoms with Gasteiger partial charge >= 0.3 is 6.03 Å². The Bertz CT molecular complexity index is 398. The first-order valence-corrected chi connectivity index (χ1v) is 6.83. The maximum atomic E-state index is 12.2. The maximum absolute atomic E-state index is 12.2. The molecule has 0 aliphatic heterocycles. The van der Waals surface area contributed by atoms with Crippen molar-refractivity contribution in [2.45, 2.75) is 33.6 Å². The van der Waals surface area contributed by atoms with Crippen molar-refractivity contribution in [3.05, 3.63) is 29.3 Å². The number of para-hydroxylation sites is 1. The van der Waals surface area contributed by atoms with Crippen LogP contribution in [-0.4, -0.2) is 35.7 Å². The summed E-state index contributed by atoms with van der Waals surface area (Å²) in [5, 5.41) is 12.0. The molecule has 1 rings (SSSR count). The molecule has 0 aliphatic carbocycles. The number of aliphatic hydroxyl groups excluding tert-OH is 1. The second-order valence-corrected chi connectivity index (χ2v) is 4.76. The number of carbonyl (C=O) groups is 1. The molecule has 0 fully saturated rings. The van der Waals surface area contributed by atoms with Crippen LogP contribution in [-0.2, 0) is 0 Å². The highest BCUT2D eigenvalue weighted by atomic mass is 16.3. The van der Waals surface area contributed by atoms with Crippen molar-refractivity contribution in [1.82, 2.24) is 4.90 Å². The maximum Gasteiger partial charge on any atom is 0.321 e. The number of nitrogens with zero attached hydrogens (tertiary/aromatic N) is 1. The van der Waals surface area contributed by atoms with Crippen LogP contribution >= 0.6 is 0 Å². The lowest BCUT2D eigenvalue weighted by atomic mass is 10.1. The fourth-order valence-corrected chi connectivity index (χ4v) is 1.98. The molecule has 106 valence electrons. The Morgan fingerprint density at radius 2 is 1.89 bits per heavy atom. The number of hydrogen-bond donors (Lipinski definition) is 2. The first kappa shape index (κ1) is 15.5. The zero-order valence-corrected chi connectivity index (χ0v) is 12.1. The van der Waals surface area contributed by atoms with E-state index >= 15 is 0 Å². The number of rotatable bonds is 6. The van der Waals surface area contributed by atoms with Gasteiger partial charge in [-0.15, -0.1) is 0 Å². The van der Waals surface area contributed by atoms with Crippen molar-refractivity contribution in [3.8, 4) is 0 Å². The van der Waals surface area contributed by atoms with Crippen LogP contribution in [0.2, 0.25) is 0 Å². The van der Waals surface area contributed by atoms with Crippen LogP contribution in [0.1, 0.15) is 30.9 Å². The third-order valence-electron chi connectivity index (χ3n) is 3.15. The second-order valence-electron chi connectivity index (χ2n) is 4.76. The molecule has 0 aromatic heterocycles. The fourth-order valence-electron chi connectivity index (χ4n) is 1.98. The lowest BCUT2D eigenvalue weighted by Gasteiger charge is -2.23. The molecule has 0 saturated carbocycles. The molecule has 0 aliphatic rings. The van der Waals surface area contributed by atoms with Crippen molar-refractivity contribution in [1.29, 1.82) is 0 Å². The molecule has 0 radical (unpaired) electrons. The first-order chi connectivity index (χ1) is 9.10. The van der Waals surface area contributed by atoms with E-state index in [4.69, 9.17) is 5.11 Å². The summed E-state index contributed by atoms with van der Waals surface area (Å²) in [4.78, 5) is 13.9. The van der Waals surface area contributed by atoms with E-state index in [9.17, 15) is 4.79 Å². The van der Waals surface area contributed by atoms with Crippen LogP contribution in [0, 0.1) is 13.8 Å². The predicted molar refractivity (Wildman–Crippen MR) is 78.5 cm³/mol. The van der Waals surface area contributed by atoms with Gasteiger partial charge in [-0.3, -0.25) is 0 Å². The van der Waals surface area contributed by atoms with Crippen LogP contribution in [0.15, 0.2) is 18.2 Å². The molecule has 0 atom stereocenters. The number of unbranched alkanes of at least 4 members (excludes halogenated alkanes) is 1. The molecule has 2 amide bonds. The largest absolute Gasteiger partial charge is 0.395 e. The monoisotopic (exact) mass is 264 g/mol. The highest BCUT2D eigenvalue weighted by Crippen LogP contribution is 2.19. The third-order valence-corrected chi connectivity index (χ3v) is 3.15. The third kappa shape index (κ3) is 4.56. The van der Waals surface area contributed by atoms with Gasteiger partial charge in [0.25, 0.3) is 0 Å². The lowest BCUT2D eigenvalue weighted by molar-refractivity contribution is 0.187. The van der Waals surface area contributed by atoms with E-state index in [1.807, 2.05) is 32.0 Å². The number of aliphatic hydroxyl groups is 1. The highest BCUT2D eigenvalue weighted by molar-refractivity contribution is 5.91. The molecule has 0 saturated heterocycles. The van der Waals surface area contributed by atoms with Crippen molar-refractivity contribution in [2.75, 3.05) is 25.0 Å². The normalized spacial score (nSPS) is 10.3. The molecule has 2 N–H and O–H groups in total. The number of anilines is 1. The average molecular weight is 264 g/mol. The average Bonchev–Trinajstić information content (AvgIpc) is 2.38. The zero-order chi connectivity index (χ0) is 14.3. The molecule has 0 unspecified atom stereocenters. The number of amides is 2. The molecule has 19 heavy (non-hydrogen) atoms. The predicted octanol–water partition coefficient (Wildman–Crippen LogP) is 2.93. The van der Waals surface area contributed by atoms with Crippen molar-refractivity contribution >= 4 is 11.7 Å². The SMILES string of the molecule is CCCCN(CCO)C(=O)Nc1c(C)cccc1C. The zero-order valence-electron chi connectivity index (χ0n) is 12.1. The number of carbonyl (C=O) groups excluding carboxylic acids is 1. The van der Waals surface area contributed by atoms with Crippen molar-refractivity contribution < 1.29 is 9.90 Å². The molecule has 4 nitrogen and oxygen atoms in total. The summed E-state index contributed by atoms with van der Waals surface area (Å²) in [6.45, 7) is 7.07. The van der Waals surface area contributed by atoms with Crippen LogP contribution in [0.3, 0.4) is 0 Å². The van der Waals surface area contributed by atoms with Gasteiger partial charge in [-0.25, -0.2) is 4.79 Å². The highest BCUT2D eigenvalue weighted by Gasteiger charge is 2.14. The van der Waals surface area contributed by atoms with Gasteiger partial charge in [0.05, 0.1) is 6.61 Å². The van der Waals surface area contributed by atoms with E-state index in [1.165, 1.54) is 0 Å². The number of aryl methyl sites for hydroxylation is 2. The topological polar surface area (TPSA) is 52.6 Å². The van der Waals surface area contributed by atoms with E-state index in [0.717, 1.165) is 29.7 Å². The Morgan fingerprint density at radius 1 is 1.26 bits per heavy atom. The summed E-state index contributed by atoms with van der Waals surface area (Å²) in [5.74, 6) is 0. The Kier molecular flexibility index (Phi) is 6.36. The minimum Gasteiger partial charge on any atom is -0.395 e. The Labute approximate surface area is 115 Å². The summed E-state index contributed by atoms with van der Waals surface area (Å²) in [7, 11) is 0. The molecule has 0 spiro atoms. The minimum absolute atomic E-state index is 0.0100.